The smallest absolute Gasteiger partial charge is 0.339 e. The Hall–Kier alpha value is -5.68. The lowest BCUT2D eigenvalue weighted by molar-refractivity contribution is -0.239. The fraction of sp³-hybridized carbons (Fsp3) is 0.750. The number of allylic oxidation sites excluding steroid dienone is 4. The third-order valence-corrected chi connectivity index (χ3v) is 21.8. The molecule has 12 N–H and O–H groups in total. The Morgan fingerprint density at radius 1 is 0.500 bits per heavy atom. The first-order valence-corrected chi connectivity index (χ1v) is 31.6. The number of carbonyl (C=O) groups is 8. The molecule has 10 aliphatic rings. The lowest BCUT2D eigenvalue weighted by Gasteiger charge is -2.54. The average Bonchev–Trinajstić information content (AvgIpc) is 1.47. The van der Waals surface area contributed by atoms with E-state index in [1.54, 1.807) is 13.8 Å². The van der Waals surface area contributed by atoms with Crippen molar-refractivity contribution in [3.8, 4) is 0 Å². The van der Waals surface area contributed by atoms with E-state index in [4.69, 9.17) is 29.2 Å². The molecule has 6 aliphatic heterocycles. The second kappa shape index (κ2) is 27.9. The third kappa shape index (κ3) is 11.0. The molecule has 90 heavy (non-hydrogen) atoms. The molecule has 504 valence electrons. The summed E-state index contributed by atoms with van der Waals surface area (Å²) in [7, 11) is 5.12. The molecule has 0 aromatic heterocycles. The number of nitrogens with one attached hydrogen (secondary N) is 2. The maximum Gasteiger partial charge on any atom is 0.339 e. The number of fused-ring (bicyclic) bond motifs is 2. The van der Waals surface area contributed by atoms with Gasteiger partial charge < -0.3 is 90.4 Å². The van der Waals surface area contributed by atoms with E-state index >= 15 is 0 Å². The summed E-state index contributed by atoms with van der Waals surface area (Å²) in [5.74, 6) is -8.81. The lowest BCUT2D eigenvalue weighted by atomic mass is 9.64. The summed E-state index contributed by atoms with van der Waals surface area (Å²) in [6.45, 7) is 5.11. The number of hydrogen-bond donors (Lipinski definition) is 12. The number of carbonyl (C=O) groups excluding carboxylic acids is 8. The molecule has 0 unspecified atom stereocenters. The van der Waals surface area contributed by atoms with Crippen LogP contribution in [0.2, 0.25) is 0 Å². The molecule has 0 radical (unpaired) electrons. The number of nitrogens with zero attached hydrogens (tertiary/aromatic N) is 2. The zero-order valence-electron chi connectivity index (χ0n) is 53.0. The molecule has 4 amide bonds. The van der Waals surface area contributed by atoms with Crippen LogP contribution in [-0.2, 0) is 57.3 Å². The topological polar surface area (TPSA) is 406 Å². The first-order chi connectivity index (χ1) is 42.5. The van der Waals surface area contributed by atoms with Crippen LogP contribution in [-0.4, -0.2) is 232 Å². The Morgan fingerprint density at radius 3 is 1.00 bits per heavy atom. The number of esters is 4. The summed E-state index contributed by atoms with van der Waals surface area (Å²) in [6.07, 6.45) is 21.3. The van der Waals surface area contributed by atoms with E-state index in [-0.39, 0.29) is 87.6 Å². The van der Waals surface area contributed by atoms with Crippen LogP contribution >= 0.6 is 0 Å². The van der Waals surface area contributed by atoms with E-state index in [0.717, 1.165) is 74.0 Å². The zero-order chi connectivity index (χ0) is 66.7. The van der Waals surface area contributed by atoms with Gasteiger partial charge in [0.25, 0.3) is 0 Å². The Kier molecular flexibility index (Phi) is 22.2. The van der Waals surface area contributed by atoms with Crippen molar-refractivity contribution in [3.63, 3.8) is 0 Å². The minimum atomic E-state index is -1.91. The van der Waals surface area contributed by atoms with Crippen LogP contribution in [0.4, 0.5) is 0 Å². The minimum absolute atomic E-state index is 0.00213. The minimum Gasteiger partial charge on any atom is -0.467 e. The standard InChI is InChI=1S/2C17H27NO6.2C15H21NO5/c2*1-16(23)12(9-10-19)14(21)18(2)17(16,15(22)24-3)13(20)11-7-5-4-6-8-11;2*1-14-10(7-8-17)12(19)16-15(14,13(20)21-14)11(18)9-5-3-2-4-6-9/h2*5,7,11-13,19-20,23H,4,6,8-10H2,1-3H3;2*3,5,9-11,17-18H,2,4,6-8H2,1H3,(H,16,19)/t11-,12+,13+,16+,17+;11-,12+,13-,16+,17+;9-,10+,11+,14+,15+;9-,10+,11-,14+,15+/m1111/s1. The first kappa shape index (κ1) is 71.8. The lowest BCUT2D eigenvalue weighted by Crippen LogP contribution is -2.80. The Bertz CT molecular complexity index is 2620. The van der Waals surface area contributed by atoms with Gasteiger partial charge in [0.05, 0.1) is 62.3 Å². The molecule has 6 saturated heterocycles. The first-order valence-electron chi connectivity index (χ1n) is 31.6. The summed E-state index contributed by atoms with van der Waals surface area (Å²) in [5.41, 5.74) is -12.5. The van der Waals surface area contributed by atoms with E-state index < -0.39 is 128 Å². The summed E-state index contributed by atoms with van der Waals surface area (Å²) in [4.78, 5) is 102. The number of hydrogen-bond acceptors (Lipinski definition) is 22. The molecule has 6 fully saturated rings. The van der Waals surface area contributed by atoms with Crippen molar-refractivity contribution < 1.29 is 108 Å². The summed E-state index contributed by atoms with van der Waals surface area (Å²) < 4.78 is 20.3. The molecule has 6 heterocycles. The number of methoxy groups -OCH3 is 2. The Labute approximate surface area is 524 Å². The fourth-order valence-corrected chi connectivity index (χ4v) is 16.7. The van der Waals surface area contributed by atoms with Gasteiger partial charge in [-0.25, -0.2) is 19.2 Å². The second-order valence-electron chi connectivity index (χ2n) is 26.3. The van der Waals surface area contributed by atoms with Gasteiger partial charge in [-0.05, 0) is 130 Å². The Balaban J connectivity index is 0.000000171. The SMILES string of the molecule is COC(=O)[C@]1([C@@H](O)[C@@H]2C=CCCC2)N(C)C(=O)[C@H](CCO)[C@]1(C)O.COC(=O)[C@]1([C@H](O)[C@@H]2C=CCCC2)N(C)C(=O)[C@H](CCO)[C@]1(C)O.C[C@@]12OC(=O)[C@]1([C@@H](O)[C@@H]1C=CCCC1)NC(=O)[C@@H]2CCO.C[C@@]12OC(=O)[C@]1([C@H](O)[C@@H]1C=CCCC1)NC(=O)[C@@H]2CCO. The van der Waals surface area contributed by atoms with Crippen molar-refractivity contribution in [2.24, 2.45) is 47.3 Å². The van der Waals surface area contributed by atoms with Crippen molar-refractivity contribution in [2.75, 3.05) is 54.7 Å². The number of rotatable bonds is 18. The molecule has 26 nitrogen and oxygen atoms in total. The van der Waals surface area contributed by atoms with E-state index in [1.165, 1.54) is 42.2 Å². The van der Waals surface area contributed by atoms with Gasteiger partial charge in [0, 0.05) is 64.2 Å². The predicted octanol–water partition coefficient (Wildman–Crippen LogP) is -0.553. The van der Waals surface area contributed by atoms with Crippen molar-refractivity contribution >= 4 is 47.5 Å². The predicted molar refractivity (Wildman–Crippen MR) is 318 cm³/mol. The highest BCUT2D eigenvalue weighted by Crippen LogP contribution is 2.56. The van der Waals surface area contributed by atoms with Crippen molar-refractivity contribution in [1.29, 1.82) is 0 Å². The third-order valence-electron chi connectivity index (χ3n) is 21.8. The number of likely N-dealkylation sites (tertiary alicyclic amines) is 2. The van der Waals surface area contributed by atoms with Gasteiger partial charge in [0.15, 0.2) is 22.3 Å². The molecule has 20 atom stereocenters. The summed E-state index contributed by atoms with van der Waals surface area (Å²) in [6, 6.07) is 0. The van der Waals surface area contributed by atoms with Crippen LogP contribution in [0.5, 0.6) is 0 Å². The highest BCUT2D eigenvalue weighted by Gasteiger charge is 2.81. The van der Waals surface area contributed by atoms with Gasteiger partial charge in [-0.15, -0.1) is 0 Å². The van der Waals surface area contributed by atoms with Crippen LogP contribution in [0, 0.1) is 47.3 Å². The summed E-state index contributed by atoms with van der Waals surface area (Å²) in [5, 5.41) is 108. The molecule has 0 bridgehead atoms. The molecule has 26 heteroatoms. The largest absolute Gasteiger partial charge is 0.467 e. The molecule has 0 saturated carbocycles. The van der Waals surface area contributed by atoms with Gasteiger partial charge >= 0.3 is 23.9 Å². The van der Waals surface area contributed by atoms with Gasteiger partial charge in [-0.1, -0.05) is 48.6 Å². The van der Waals surface area contributed by atoms with E-state index in [1.807, 2.05) is 48.6 Å². The van der Waals surface area contributed by atoms with Crippen LogP contribution in [0.15, 0.2) is 48.6 Å². The molecule has 4 aliphatic carbocycles. The number of amides is 4. The number of aliphatic hydroxyl groups excluding tert-OH is 8. The van der Waals surface area contributed by atoms with E-state index in [2.05, 4.69) is 10.6 Å². The highest BCUT2D eigenvalue weighted by atomic mass is 16.6. The average molecular weight is 1270 g/mol. The molecular formula is C64H96N4O22. The molecule has 10 rings (SSSR count). The van der Waals surface area contributed by atoms with Crippen molar-refractivity contribution in [3.05, 3.63) is 48.6 Å². The van der Waals surface area contributed by atoms with Gasteiger partial charge in [0.1, 0.15) is 11.2 Å². The van der Waals surface area contributed by atoms with Crippen LogP contribution in [0.25, 0.3) is 0 Å². The monoisotopic (exact) mass is 1270 g/mol. The maximum absolute atomic E-state index is 12.7. The Morgan fingerprint density at radius 2 is 0.767 bits per heavy atom. The normalized spacial score (nSPS) is 40.0. The molecule has 0 spiro atoms. The molecule has 0 aromatic rings. The number of ether oxygens (including phenoxy) is 4. The van der Waals surface area contributed by atoms with Crippen molar-refractivity contribution in [1.82, 2.24) is 20.4 Å². The van der Waals surface area contributed by atoms with Crippen LogP contribution in [0.3, 0.4) is 0 Å². The van der Waals surface area contributed by atoms with Gasteiger partial charge in [0.2, 0.25) is 34.7 Å². The molecular weight excluding hydrogens is 1180 g/mol. The van der Waals surface area contributed by atoms with Crippen molar-refractivity contribution in [2.45, 2.75) is 199 Å². The zero-order valence-corrected chi connectivity index (χ0v) is 53.0. The maximum atomic E-state index is 12.7. The number of aliphatic hydroxyl groups is 10. The highest BCUT2D eigenvalue weighted by molar-refractivity contribution is 6.03. The van der Waals surface area contributed by atoms with Crippen LogP contribution in [0.1, 0.15) is 130 Å². The fourth-order valence-electron chi connectivity index (χ4n) is 16.7. The van der Waals surface area contributed by atoms with Gasteiger partial charge in [-0.2, -0.15) is 0 Å². The second-order valence-corrected chi connectivity index (χ2v) is 26.3. The summed E-state index contributed by atoms with van der Waals surface area (Å²) >= 11 is 0. The number of likely N-dealkylation sites (N-methyl/N-ethyl adjacent to an activating group) is 2. The van der Waals surface area contributed by atoms with Gasteiger partial charge in [-0.3, -0.25) is 19.2 Å². The van der Waals surface area contributed by atoms with E-state index in [9.17, 15) is 79.2 Å². The quantitative estimate of drug-likeness (QED) is 0.0465. The van der Waals surface area contributed by atoms with E-state index in [0.29, 0.717) is 12.8 Å². The molecule has 0 aromatic carbocycles. The van der Waals surface area contributed by atoms with Crippen LogP contribution < -0.4 is 10.6 Å².